The predicted octanol–water partition coefficient (Wildman–Crippen LogP) is 11.0. The van der Waals surface area contributed by atoms with Crippen molar-refractivity contribution in [1.82, 2.24) is 4.90 Å². The molecular weight excluding hydrogens is 871 g/mol. The standard InChI is InChI=1S/C53H59ClF3NO8/c1-34-9-8-23-51(2)45(22-24-52(51,62)33-58(29-37-14-17-41(63-3)28-49(37)64-4)30-40(60)32-65-31-35-10-6-5-7-11-35)42-18-13-36(25-39(59)16-12-34)26-43(42)50(61)48-21-20-47(66-48)44-27-38(53(55,56)57)15-19-46(44)54/h5-7,9-11,13-15,17-21,26-28,39-40,45,59-60,62H,8,12,16,22-25,29-33H2,1-4H3/t39-,40+,45-,51-,52+/m0/s1. The van der Waals surface area contributed by atoms with Gasteiger partial charge in [-0.3, -0.25) is 9.69 Å². The van der Waals surface area contributed by atoms with Gasteiger partial charge in [-0.1, -0.05) is 78.7 Å². The second-order valence-corrected chi connectivity index (χ2v) is 18.5. The molecule has 1 saturated carbocycles. The predicted molar refractivity (Wildman–Crippen MR) is 248 cm³/mol. The summed E-state index contributed by atoms with van der Waals surface area (Å²) < 4.78 is 64.4. The Balaban J connectivity index is 1.25. The van der Waals surface area contributed by atoms with Gasteiger partial charge in [-0.15, -0.1) is 0 Å². The van der Waals surface area contributed by atoms with E-state index in [-0.39, 0.29) is 47.7 Å². The summed E-state index contributed by atoms with van der Waals surface area (Å²) in [5.41, 5.74) is 1.63. The van der Waals surface area contributed by atoms with E-state index in [9.17, 15) is 33.3 Å². The largest absolute Gasteiger partial charge is 0.497 e. The molecule has 2 bridgehead atoms. The number of allylic oxidation sites excluding steroid dienone is 2. The van der Waals surface area contributed by atoms with Crippen LogP contribution in [0.15, 0.2) is 113 Å². The molecule has 13 heteroatoms. The van der Waals surface area contributed by atoms with Gasteiger partial charge in [-0.25, -0.2) is 0 Å². The summed E-state index contributed by atoms with van der Waals surface area (Å²) in [6.45, 7) is 5.19. The summed E-state index contributed by atoms with van der Waals surface area (Å²) in [5.74, 6) is 0.313. The Labute approximate surface area is 389 Å². The van der Waals surface area contributed by atoms with Crippen molar-refractivity contribution in [2.45, 2.75) is 102 Å². The van der Waals surface area contributed by atoms with E-state index in [1.54, 1.807) is 26.4 Å². The van der Waals surface area contributed by atoms with Crippen LogP contribution in [0.1, 0.15) is 102 Å². The monoisotopic (exact) mass is 929 g/mol. The molecule has 1 aromatic heterocycles. The summed E-state index contributed by atoms with van der Waals surface area (Å²) in [7, 11) is 3.17. The third kappa shape index (κ3) is 11.2. The molecule has 1 fully saturated rings. The fourth-order valence-electron chi connectivity index (χ4n) is 9.84. The van der Waals surface area contributed by atoms with Gasteiger partial charge in [0.05, 0.1) is 55.8 Å². The minimum absolute atomic E-state index is 0.00133. The second kappa shape index (κ2) is 20.9. The number of ketones is 1. The molecule has 352 valence electrons. The van der Waals surface area contributed by atoms with Crippen LogP contribution in [0.5, 0.6) is 11.5 Å². The zero-order chi connectivity index (χ0) is 47.2. The lowest BCUT2D eigenvalue weighted by molar-refractivity contribution is -0.137. The molecule has 66 heavy (non-hydrogen) atoms. The number of carbonyl (C=O) groups is 1. The van der Waals surface area contributed by atoms with Crippen molar-refractivity contribution in [2.24, 2.45) is 5.41 Å². The van der Waals surface area contributed by atoms with Crippen LogP contribution in [0.2, 0.25) is 5.02 Å². The van der Waals surface area contributed by atoms with Crippen molar-refractivity contribution in [2.75, 3.05) is 33.9 Å². The van der Waals surface area contributed by atoms with Crippen molar-refractivity contribution < 1.29 is 51.9 Å². The number of carbonyl (C=O) groups excluding carboxylic acids is 1. The van der Waals surface area contributed by atoms with Gasteiger partial charge in [-0.2, -0.15) is 13.2 Å². The zero-order valence-corrected chi connectivity index (χ0v) is 38.6. The highest BCUT2D eigenvalue weighted by atomic mass is 35.5. The van der Waals surface area contributed by atoms with E-state index >= 15 is 0 Å². The molecule has 3 aliphatic carbocycles. The lowest BCUT2D eigenvalue weighted by Gasteiger charge is -2.46. The van der Waals surface area contributed by atoms with E-state index in [2.05, 4.69) is 19.9 Å². The Morgan fingerprint density at radius 2 is 1.76 bits per heavy atom. The molecule has 3 aliphatic rings. The first-order valence-corrected chi connectivity index (χ1v) is 22.8. The topological polar surface area (TPSA) is 122 Å². The van der Waals surface area contributed by atoms with Crippen molar-refractivity contribution in [3.63, 3.8) is 0 Å². The van der Waals surface area contributed by atoms with E-state index in [1.807, 2.05) is 59.5 Å². The molecule has 9 nitrogen and oxygen atoms in total. The quantitative estimate of drug-likeness (QED) is 0.0696. The zero-order valence-electron chi connectivity index (χ0n) is 37.9. The van der Waals surface area contributed by atoms with Gasteiger partial charge >= 0.3 is 6.18 Å². The fraction of sp³-hybridized carbons (Fsp3) is 0.415. The van der Waals surface area contributed by atoms with Gasteiger partial charge in [0.2, 0.25) is 5.78 Å². The number of hydrogen-bond donors (Lipinski definition) is 3. The number of rotatable bonds is 15. The first-order valence-electron chi connectivity index (χ1n) is 22.4. The van der Waals surface area contributed by atoms with Gasteiger partial charge in [-0.05, 0) is 117 Å². The average Bonchev–Trinajstić information content (AvgIpc) is 3.87. The van der Waals surface area contributed by atoms with Gasteiger partial charge in [0.25, 0.3) is 0 Å². The summed E-state index contributed by atoms with van der Waals surface area (Å²) in [4.78, 5) is 16.8. The van der Waals surface area contributed by atoms with Crippen LogP contribution in [0.25, 0.3) is 11.3 Å². The number of aliphatic hydroxyl groups is 3. The molecule has 0 unspecified atom stereocenters. The van der Waals surface area contributed by atoms with E-state index < -0.39 is 40.7 Å². The van der Waals surface area contributed by atoms with E-state index in [1.165, 1.54) is 12.1 Å². The molecule has 5 atom stereocenters. The van der Waals surface area contributed by atoms with Crippen LogP contribution in [-0.2, 0) is 30.5 Å². The Hall–Kier alpha value is -4.95. The van der Waals surface area contributed by atoms with Gasteiger partial charge in [0.1, 0.15) is 17.3 Å². The third-order valence-corrected chi connectivity index (χ3v) is 13.9. The first-order chi connectivity index (χ1) is 31.5. The Kier molecular flexibility index (Phi) is 15.5. The van der Waals surface area contributed by atoms with Crippen LogP contribution in [-0.4, -0.2) is 77.7 Å². The number of fused-ring (bicyclic) bond motifs is 8. The van der Waals surface area contributed by atoms with E-state index in [4.69, 9.17) is 30.2 Å². The minimum Gasteiger partial charge on any atom is -0.497 e. The minimum atomic E-state index is -4.62. The molecule has 8 rings (SSSR count). The number of nitrogens with zero attached hydrogens (tertiary/aromatic N) is 1. The molecule has 0 radical (unpaired) electrons. The summed E-state index contributed by atoms with van der Waals surface area (Å²) >= 11 is 6.38. The number of benzene rings is 4. The van der Waals surface area contributed by atoms with E-state index in [0.29, 0.717) is 80.7 Å². The molecule has 0 spiro atoms. The van der Waals surface area contributed by atoms with Crippen LogP contribution >= 0.6 is 11.6 Å². The maximum Gasteiger partial charge on any atom is 0.416 e. The molecule has 0 amide bonds. The number of hydrogen-bond acceptors (Lipinski definition) is 9. The van der Waals surface area contributed by atoms with E-state index in [0.717, 1.165) is 40.5 Å². The maximum atomic E-state index is 14.8. The average molecular weight is 931 g/mol. The van der Waals surface area contributed by atoms with Crippen LogP contribution < -0.4 is 9.47 Å². The van der Waals surface area contributed by atoms with Crippen molar-refractivity contribution in [3.05, 3.63) is 153 Å². The lowest BCUT2D eigenvalue weighted by Crippen LogP contribution is -2.53. The van der Waals surface area contributed by atoms with Crippen molar-refractivity contribution >= 4 is 17.4 Å². The van der Waals surface area contributed by atoms with Gasteiger partial charge < -0.3 is 33.9 Å². The highest BCUT2D eigenvalue weighted by Crippen LogP contribution is 2.59. The van der Waals surface area contributed by atoms with Crippen molar-refractivity contribution in [3.8, 4) is 22.8 Å². The van der Waals surface area contributed by atoms with Gasteiger partial charge in [0.15, 0.2) is 5.76 Å². The number of ether oxygens (including phenoxy) is 3. The third-order valence-electron chi connectivity index (χ3n) is 13.6. The SMILES string of the molecule is COc1ccc(CN(C[C@@H](O)COCc2ccccc2)C[C@]2(O)CC[C@H]3c4ccc(cc4C(=O)c4ccc(-c5cc(C(F)(F)F)ccc5Cl)o4)C[C@@H](O)CCC(C)=CCC[C@@]32C)c(OC)c1. The van der Waals surface area contributed by atoms with Gasteiger partial charge in [0, 0.05) is 47.8 Å². The molecule has 3 N–H and O–H groups in total. The first kappa shape index (κ1) is 49.0. The van der Waals surface area contributed by atoms with Crippen LogP contribution in [0.3, 0.4) is 0 Å². The summed E-state index contributed by atoms with van der Waals surface area (Å²) in [6, 6.07) is 26.7. The fourth-order valence-corrected chi connectivity index (χ4v) is 10.1. The highest BCUT2D eigenvalue weighted by molar-refractivity contribution is 6.33. The molecule has 0 saturated heterocycles. The Morgan fingerprint density at radius 1 is 0.970 bits per heavy atom. The Bertz CT molecular complexity index is 2490. The number of furan rings is 1. The Morgan fingerprint density at radius 3 is 2.50 bits per heavy atom. The summed E-state index contributed by atoms with van der Waals surface area (Å²) in [5, 5.41) is 36.0. The van der Waals surface area contributed by atoms with Crippen LogP contribution in [0.4, 0.5) is 13.2 Å². The molecule has 0 aliphatic heterocycles. The van der Waals surface area contributed by atoms with Crippen molar-refractivity contribution in [1.29, 1.82) is 0 Å². The number of methoxy groups -OCH3 is 2. The van der Waals surface area contributed by atoms with Crippen LogP contribution in [0, 0.1) is 5.41 Å². The molecule has 1 heterocycles. The highest BCUT2D eigenvalue weighted by Gasteiger charge is 2.57. The number of alkyl halides is 3. The summed E-state index contributed by atoms with van der Waals surface area (Å²) in [6.07, 6.45) is -0.477. The molecule has 4 aromatic carbocycles. The lowest BCUT2D eigenvalue weighted by atomic mass is 9.64. The number of halogens is 4. The normalized spacial score (nSPS) is 21.8. The molecule has 5 aromatic rings. The smallest absolute Gasteiger partial charge is 0.416 e. The maximum absolute atomic E-state index is 14.8. The molecular formula is C53H59ClF3NO8. The second-order valence-electron chi connectivity index (χ2n) is 18.1. The number of aliphatic hydroxyl groups excluding tert-OH is 2.